The summed E-state index contributed by atoms with van der Waals surface area (Å²) in [5.74, 6) is 1.40. The molecule has 0 aromatic carbocycles. The van der Waals surface area contributed by atoms with Crippen molar-refractivity contribution in [3.05, 3.63) is 48.7 Å². The zero-order valence-electron chi connectivity index (χ0n) is 12.9. The molecule has 6 heteroatoms. The van der Waals surface area contributed by atoms with Gasteiger partial charge in [0, 0.05) is 42.0 Å². The first-order chi connectivity index (χ1) is 10.6. The van der Waals surface area contributed by atoms with Gasteiger partial charge in [0.05, 0.1) is 11.9 Å². The van der Waals surface area contributed by atoms with Gasteiger partial charge in [-0.05, 0) is 32.9 Å². The summed E-state index contributed by atoms with van der Waals surface area (Å²) in [6, 6.07) is 6.06. The van der Waals surface area contributed by atoms with E-state index in [-0.39, 0.29) is 0 Å². The monoisotopic (exact) mass is 294 g/mol. The molecule has 0 amide bonds. The Balaban J connectivity index is 1.89. The summed E-state index contributed by atoms with van der Waals surface area (Å²) in [7, 11) is 0. The van der Waals surface area contributed by atoms with Crippen molar-refractivity contribution in [2.45, 2.75) is 26.8 Å². The summed E-state index contributed by atoms with van der Waals surface area (Å²) in [5, 5.41) is 7.59. The second kappa shape index (κ2) is 5.93. The Morgan fingerprint density at radius 3 is 2.73 bits per heavy atom. The van der Waals surface area contributed by atoms with Crippen LogP contribution < -0.4 is 5.32 Å². The first kappa shape index (κ1) is 14.2. The molecular weight excluding hydrogens is 276 g/mol. The molecule has 3 heterocycles. The molecule has 0 saturated carbocycles. The van der Waals surface area contributed by atoms with Crippen LogP contribution >= 0.6 is 0 Å². The summed E-state index contributed by atoms with van der Waals surface area (Å²) in [4.78, 5) is 13.1. The fraction of sp³-hybridized carbons (Fsp3) is 0.250. The van der Waals surface area contributed by atoms with Crippen LogP contribution in [0.5, 0.6) is 0 Å². The van der Waals surface area contributed by atoms with Crippen LogP contribution in [0.15, 0.2) is 43.0 Å². The van der Waals surface area contributed by atoms with Crippen molar-refractivity contribution in [1.82, 2.24) is 24.7 Å². The van der Waals surface area contributed by atoms with Gasteiger partial charge in [-0.3, -0.25) is 9.67 Å². The molecule has 0 atom stereocenters. The largest absolute Gasteiger partial charge is 0.338 e. The molecule has 3 aromatic heterocycles. The van der Waals surface area contributed by atoms with Crippen molar-refractivity contribution in [1.29, 1.82) is 0 Å². The minimum absolute atomic E-state index is 0.327. The number of aryl methyl sites for hydroxylation is 1. The van der Waals surface area contributed by atoms with E-state index < -0.39 is 0 Å². The molecule has 3 rings (SSSR count). The average molecular weight is 294 g/mol. The lowest BCUT2D eigenvalue weighted by Crippen LogP contribution is -2.00. The molecule has 0 radical (unpaired) electrons. The van der Waals surface area contributed by atoms with E-state index in [0.717, 1.165) is 22.8 Å². The van der Waals surface area contributed by atoms with Crippen LogP contribution in [0.3, 0.4) is 0 Å². The molecule has 0 bridgehead atoms. The molecule has 0 saturated heterocycles. The maximum absolute atomic E-state index is 4.55. The summed E-state index contributed by atoms with van der Waals surface area (Å²) < 4.78 is 1.90. The second-order valence-electron chi connectivity index (χ2n) is 5.39. The predicted octanol–water partition coefficient (Wildman–Crippen LogP) is 3.37. The minimum atomic E-state index is 0.327. The van der Waals surface area contributed by atoms with Gasteiger partial charge in [-0.15, -0.1) is 0 Å². The molecule has 0 unspecified atom stereocenters. The van der Waals surface area contributed by atoms with Crippen LogP contribution in [-0.2, 0) is 0 Å². The highest BCUT2D eigenvalue weighted by molar-refractivity contribution is 5.60. The quantitative estimate of drug-likeness (QED) is 0.799. The number of aromatic nitrogens is 5. The van der Waals surface area contributed by atoms with E-state index in [0.29, 0.717) is 11.9 Å². The smallest absolute Gasteiger partial charge is 0.163 e. The van der Waals surface area contributed by atoms with E-state index in [1.54, 1.807) is 18.6 Å². The third kappa shape index (κ3) is 3.11. The Bertz CT molecular complexity index is 763. The predicted molar refractivity (Wildman–Crippen MR) is 85.9 cm³/mol. The lowest BCUT2D eigenvalue weighted by molar-refractivity contribution is 0.532. The number of nitrogens with zero attached hydrogens (tertiary/aromatic N) is 5. The first-order valence-electron chi connectivity index (χ1n) is 7.19. The van der Waals surface area contributed by atoms with Crippen LogP contribution in [0.2, 0.25) is 0 Å². The second-order valence-corrected chi connectivity index (χ2v) is 5.39. The number of nitrogens with one attached hydrogen (secondary N) is 1. The van der Waals surface area contributed by atoms with Crippen molar-refractivity contribution < 1.29 is 0 Å². The number of hydrogen-bond donors (Lipinski definition) is 1. The number of rotatable bonds is 4. The van der Waals surface area contributed by atoms with E-state index in [1.807, 2.05) is 36.0 Å². The normalized spacial score (nSPS) is 10.9. The van der Waals surface area contributed by atoms with E-state index in [9.17, 15) is 0 Å². The molecule has 6 nitrogen and oxygen atoms in total. The fourth-order valence-electron chi connectivity index (χ4n) is 2.09. The van der Waals surface area contributed by atoms with Crippen LogP contribution in [0, 0.1) is 6.92 Å². The van der Waals surface area contributed by atoms with Gasteiger partial charge in [-0.2, -0.15) is 5.10 Å². The van der Waals surface area contributed by atoms with E-state index in [4.69, 9.17) is 0 Å². The number of anilines is 2. The van der Waals surface area contributed by atoms with Gasteiger partial charge in [0.2, 0.25) is 0 Å². The lowest BCUT2D eigenvalue weighted by atomic mass is 10.2. The lowest BCUT2D eigenvalue weighted by Gasteiger charge is -2.07. The van der Waals surface area contributed by atoms with Gasteiger partial charge in [0.1, 0.15) is 5.82 Å². The van der Waals surface area contributed by atoms with Gasteiger partial charge in [-0.1, -0.05) is 0 Å². The SMILES string of the molecule is Cc1cc(Nc2cnn(C(C)C)c2)nc(-c2cccnc2)n1. The number of hydrogen-bond acceptors (Lipinski definition) is 5. The summed E-state index contributed by atoms with van der Waals surface area (Å²) in [5.41, 5.74) is 2.70. The van der Waals surface area contributed by atoms with Crippen LogP contribution in [0.4, 0.5) is 11.5 Å². The van der Waals surface area contributed by atoms with E-state index in [1.165, 1.54) is 0 Å². The first-order valence-corrected chi connectivity index (χ1v) is 7.19. The highest BCUT2D eigenvalue weighted by Gasteiger charge is 2.07. The number of pyridine rings is 1. The van der Waals surface area contributed by atoms with E-state index in [2.05, 4.69) is 39.2 Å². The van der Waals surface area contributed by atoms with Crippen LogP contribution in [-0.4, -0.2) is 24.7 Å². The topological polar surface area (TPSA) is 68.5 Å². The molecule has 1 N–H and O–H groups in total. The summed E-state index contributed by atoms with van der Waals surface area (Å²) >= 11 is 0. The zero-order valence-corrected chi connectivity index (χ0v) is 12.9. The fourth-order valence-corrected chi connectivity index (χ4v) is 2.09. The minimum Gasteiger partial charge on any atom is -0.338 e. The van der Waals surface area contributed by atoms with Crippen LogP contribution in [0.25, 0.3) is 11.4 Å². The van der Waals surface area contributed by atoms with Gasteiger partial charge in [0.15, 0.2) is 5.82 Å². The average Bonchev–Trinajstić information content (AvgIpc) is 2.96. The summed E-state index contributed by atoms with van der Waals surface area (Å²) in [6.07, 6.45) is 7.25. The molecule has 3 aromatic rings. The maximum atomic E-state index is 4.55. The van der Waals surface area contributed by atoms with Crippen molar-refractivity contribution >= 4 is 11.5 Å². The Morgan fingerprint density at radius 2 is 2.05 bits per heavy atom. The Hall–Kier alpha value is -2.76. The van der Waals surface area contributed by atoms with E-state index >= 15 is 0 Å². The van der Waals surface area contributed by atoms with Crippen molar-refractivity contribution in [3.8, 4) is 11.4 Å². The molecule has 112 valence electrons. The van der Waals surface area contributed by atoms with Gasteiger partial charge in [0.25, 0.3) is 0 Å². The van der Waals surface area contributed by atoms with Gasteiger partial charge in [-0.25, -0.2) is 9.97 Å². The molecule has 0 aliphatic rings. The Kier molecular flexibility index (Phi) is 3.82. The van der Waals surface area contributed by atoms with Crippen molar-refractivity contribution in [3.63, 3.8) is 0 Å². The van der Waals surface area contributed by atoms with Gasteiger partial charge < -0.3 is 5.32 Å². The molecular formula is C16H18N6. The zero-order chi connectivity index (χ0) is 15.5. The third-order valence-corrected chi connectivity index (χ3v) is 3.18. The molecule has 0 spiro atoms. The van der Waals surface area contributed by atoms with Crippen molar-refractivity contribution in [2.75, 3.05) is 5.32 Å². The Labute approximate surface area is 129 Å². The molecule has 0 fully saturated rings. The summed E-state index contributed by atoms with van der Waals surface area (Å²) in [6.45, 7) is 6.13. The molecule has 0 aliphatic carbocycles. The molecule has 0 aliphatic heterocycles. The highest BCUT2D eigenvalue weighted by Crippen LogP contribution is 2.20. The Morgan fingerprint density at radius 1 is 1.18 bits per heavy atom. The standard InChI is InChI=1S/C16H18N6/c1-11(2)22-10-14(9-18-22)20-15-7-12(3)19-16(21-15)13-5-4-6-17-8-13/h4-11H,1-3H3,(H,19,20,21). The van der Waals surface area contributed by atoms with Gasteiger partial charge >= 0.3 is 0 Å². The van der Waals surface area contributed by atoms with Crippen molar-refractivity contribution in [2.24, 2.45) is 0 Å². The third-order valence-electron chi connectivity index (χ3n) is 3.18. The van der Waals surface area contributed by atoms with Crippen LogP contribution in [0.1, 0.15) is 25.6 Å². The molecule has 22 heavy (non-hydrogen) atoms. The highest BCUT2D eigenvalue weighted by atomic mass is 15.3. The maximum Gasteiger partial charge on any atom is 0.163 e.